The highest BCUT2D eigenvalue weighted by Gasteiger charge is 2.22. The third-order valence-corrected chi connectivity index (χ3v) is 6.93. The van der Waals surface area contributed by atoms with Crippen molar-refractivity contribution in [1.29, 1.82) is 0 Å². The number of anilines is 2. The number of carbonyl (C=O) groups excluding carboxylic acids is 3. The molecule has 0 fully saturated rings. The van der Waals surface area contributed by atoms with Crippen LogP contribution in [0, 0.1) is 0 Å². The van der Waals surface area contributed by atoms with Crippen LogP contribution in [0.3, 0.4) is 0 Å². The van der Waals surface area contributed by atoms with Gasteiger partial charge in [-0.15, -0.1) is 5.10 Å². The summed E-state index contributed by atoms with van der Waals surface area (Å²) in [6.45, 7) is 0. The number of carbonyl (C=O) groups is 3. The molecule has 5 N–H and O–H groups in total. The molecule has 14 nitrogen and oxygen atoms in total. The maximum absolute atomic E-state index is 13.1. The highest BCUT2D eigenvalue weighted by Crippen LogP contribution is 2.32. The Hall–Kier alpha value is -5.08. The zero-order valence-electron chi connectivity index (χ0n) is 23.0. The van der Waals surface area contributed by atoms with Crippen molar-refractivity contribution in [3.8, 4) is 16.9 Å². The molecule has 2 atom stereocenters. The van der Waals surface area contributed by atoms with Crippen LogP contribution in [0.4, 0.5) is 16.2 Å². The molecule has 43 heavy (non-hydrogen) atoms. The number of methoxy groups -OCH3 is 1. The Labute approximate surface area is 250 Å². The number of benzene rings is 2. The smallest absolute Gasteiger partial charge is 0.411 e. The van der Waals surface area contributed by atoms with Crippen molar-refractivity contribution in [2.45, 2.75) is 37.8 Å². The van der Waals surface area contributed by atoms with Gasteiger partial charge in [-0.25, -0.2) is 9.78 Å². The molecule has 0 aliphatic carbocycles. The quantitative estimate of drug-likeness (QED) is 0.211. The standard InChI is InChI=1S/C28H28ClN9O5/c1-43-28(42)32-18-7-8-20-22(12-18)34-26(41)13-19(39)3-2-4-21(27-30-14-23(20)35-27)33-25(40)10-5-16-11-17(29)6-9-24(16)38-15-31-36-37-38/h5-12,14-15,19,21,39H,2-4,13H2,1H3,(H,30,35)(H,32,42)(H,33,40)(H,34,41)/b10-5+. The number of hydrogen-bond acceptors (Lipinski definition) is 9. The topological polar surface area (TPSA) is 189 Å². The van der Waals surface area contributed by atoms with E-state index >= 15 is 0 Å². The highest BCUT2D eigenvalue weighted by atomic mass is 35.5. The summed E-state index contributed by atoms with van der Waals surface area (Å²) < 4.78 is 6.12. The van der Waals surface area contributed by atoms with Gasteiger partial charge in [-0.3, -0.25) is 14.9 Å². The van der Waals surface area contributed by atoms with Gasteiger partial charge in [-0.2, -0.15) is 4.68 Å². The zero-order valence-corrected chi connectivity index (χ0v) is 23.7. The molecule has 3 heterocycles. The largest absolute Gasteiger partial charge is 0.453 e. The van der Waals surface area contributed by atoms with E-state index in [1.54, 1.807) is 48.7 Å². The lowest BCUT2D eigenvalue weighted by atomic mass is 10.0. The lowest BCUT2D eigenvalue weighted by Crippen LogP contribution is -2.28. The van der Waals surface area contributed by atoms with Gasteiger partial charge < -0.3 is 25.5 Å². The highest BCUT2D eigenvalue weighted by molar-refractivity contribution is 6.30. The molecule has 4 aromatic rings. The minimum Gasteiger partial charge on any atom is -0.453 e. The summed E-state index contributed by atoms with van der Waals surface area (Å²) in [4.78, 5) is 45.4. The number of rotatable bonds is 5. The van der Waals surface area contributed by atoms with Crippen molar-refractivity contribution in [3.05, 3.63) is 71.4 Å². The van der Waals surface area contributed by atoms with E-state index in [-0.39, 0.29) is 12.3 Å². The third kappa shape index (κ3) is 7.42. The van der Waals surface area contributed by atoms with Crippen molar-refractivity contribution >= 4 is 47.0 Å². The molecule has 15 heteroatoms. The molecule has 1 aliphatic heterocycles. The number of aliphatic hydroxyl groups excluding tert-OH is 1. The molecule has 2 bridgehead atoms. The van der Waals surface area contributed by atoms with Gasteiger partial charge in [-0.05, 0) is 72.2 Å². The monoisotopic (exact) mass is 605 g/mol. The Morgan fingerprint density at radius 2 is 2.07 bits per heavy atom. The maximum Gasteiger partial charge on any atom is 0.411 e. The molecule has 1 aliphatic rings. The molecule has 5 rings (SSSR count). The van der Waals surface area contributed by atoms with E-state index in [1.165, 1.54) is 24.2 Å². The number of tetrazole rings is 1. The van der Waals surface area contributed by atoms with E-state index in [9.17, 15) is 19.5 Å². The molecular weight excluding hydrogens is 578 g/mol. The average molecular weight is 606 g/mol. The lowest BCUT2D eigenvalue weighted by molar-refractivity contribution is -0.118. The number of nitrogens with zero attached hydrogens (tertiary/aromatic N) is 5. The number of aromatic nitrogens is 6. The van der Waals surface area contributed by atoms with Crippen molar-refractivity contribution in [1.82, 2.24) is 35.5 Å². The summed E-state index contributed by atoms with van der Waals surface area (Å²) in [5.74, 6) is -0.279. The van der Waals surface area contributed by atoms with Crippen molar-refractivity contribution in [3.63, 3.8) is 0 Å². The van der Waals surface area contributed by atoms with Gasteiger partial charge in [0.15, 0.2) is 0 Å². The molecule has 2 aromatic heterocycles. The number of H-pyrrole nitrogens is 1. The van der Waals surface area contributed by atoms with Gasteiger partial charge in [0.2, 0.25) is 11.8 Å². The van der Waals surface area contributed by atoms with Gasteiger partial charge >= 0.3 is 6.09 Å². The Morgan fingerprint density at radius 3 is 2.86 bits per heavy atom. The van der Waals surface area contributed by atoms with Crippen molar-refractivity contribution < 1.29 is 24.2 Å². The summed E-state index contributed by atoms with van der Waals surface area (Å²) >= 11 is 6.19. The van der Waals surface area contributed by atoms with Crippen LogP contribution in [0.15, 0.2) is 55.0 Å². The first-order chi connectivity index (χ1) is 20.8. The minimum atomic E-state index is -0.893. The van der Waals surface area contributed by atoms with Crippen LogP contribution in [0.25, 0.3) is 23.0 Å². The predicted molar refractivity (Wildman–Crippen MR) is 157 cm³/mol. The molecule has 0 saturated carbocycles. The van der Waals surface area contributed by atoms with Gasteiger partial charge in [0.25, 0.3) is 0 Å². The first kappa shape index (κ1) is 29.4. The number of halogens is 1. The third-order valence-electron chi connectivity index (χ3n) is 6.70. The lowest BCUT2D eigenvalue weighted by Gasteiger charge is -2.17. The Kier molecular flexibility index (Phi) is 9.08. The Morgan fingerprint density at radius 1 is 1.21 bits per heavy atom. The number of nitrogens with one attached hydrogen (secondary N) is 4. The number of aromatic amines is 1. The van der Waals surface area contributed by atoms with E-state index in [4.69, 9.17) is 16.6 Å². The van der Waals surface area contributed by atoms with Crippen LogP contribution in [0.5, 0.6) is 0 Å². The molecule has 2 aromatic carbocycles. The van der Waals surface area contributed by atoms with Gasteiger partial charge in [0.1, 0.15) is 12.2 Å². The number of amides is 3. The Bertz CT molecular complexity index is 1650. The van der Waals surface area contributed by atoms with E-state index in [0.717, 1.165) is 0 Å². The van der Waals surface area contributed by atoms with E-state index < -0.39 is 24.1 Å². The molecule has 3 amide bonds. The fourth-order valence-electron chi connectivity index (χ4n) is 4.65. The van der Waals surface area contributed by atoms with Crippen LogP contribution in [0.2, 0.25) is 5.02 Å². The number of ether oxygens (including phenoxy) is 1. The Balaban J connectivity index is 1.41. The normalized spacial score (nSPS) is 17.1. The van der Waals surface area contributed by atoms with Crippen LogP contribution < -0.4 is 16.0 Å². The van der Waals surface area contributed by atoms with E-state index in [1.807, 2.05) is 0 Å². The first-order valence-corrected chi connectivity index (χ1v) is 13.7. The van der Waals surface area contributed by atoms with Crippen LogP contribution in [-0.4, -0.2) is 66.4 Å². The minimum absolute atomic E-state index is 0.123. The fourth-order valence-corrected chi connectivity index (χ4v) is 4.83. The summed E-state index contributed by atoms with van der Waals surface area (Å²) in [6.07, 6.45) is 5.72. The average Bonchev–Trinajstić information content (AvgIpc) is 3.68. The zero-order chi connectivity index (χ0) is 30.3. The summed E-state index contributed by atoms with van der Waals surface area (Å²) in [5.41, 5.74) is 3.12. The molecule has 0 radical (unpaired) electrons. The van der Waals surface area contributed by atoms with Crippen molar-refractivity contribution in [2.24, 2.45) is 0 Å². The molecule has 2 unspecified atom stereocenters. The van der Waals surface area contributed by atoms with Crippen LogP contribution in [0.1, 0.15) is 43.1 Å². The molecular formula is C28H28ClN9O5. The predicted octanol–water partition coefficient (Wildman–Crippen LogP) is 3.63. The van der Waals surface area contributed by atoms with Gasteiger partial charge in [0, 0.05) is 34.1 Å². The van der Waals surface area contributed by atoms with Crippen molar-refractivity contribution in [2.75, 3.05) is 17.7 Å². The molecule has 0 saturated heterocycles. The van der Waals surface area contributed by atoms with Gasteiger partial charge in [-0.1, -0.05) is 11.6 Å². The van der Waals surface area contributed by atoms with E-state index in [2.05, 4.69) is 41.2 Å². The van der Waals surface area contributed by atoms with Crippen LogP contribution >= 0.6 is 11.6 Å². The van der Waals surface area contributed by atoms with Gasteiger partial charge in [0.05, 0.1) is 42.7 Å². The molecule has 222 valence electrons. The second-order valence-electron chi connectivity index (χ2n) is 9.74. The second-order valence-corrected chi connectivity index (χ2v) is 10.2. The summed E-state index contributed by atoms with van der Waals surface area (Å²) in [5, 5.41) is 30.6. The number of imidazole rings is 1. The fraction of sp³-hybridized carbons (Fsp3) is 0.250. The number of hydrogen-bond donors (Lipinski definition) is 5. The summed E-state index contributed by atoms with van der Waals surface area (Å²) in [6, 6.07) is 9.53. The number of aliphatic hydroxyl groups is 1. The maximum atomic E-state index is 13.1. The first-order valence-electron chi connectivity index (χ1n) is 13.3. The SMILES string of the molecule is COC(=O)Nc1ccc2c(c1)NC(=O)CC(O)CCCC(NC(=O)/C=C/c1cc(Cl)ccc1-n1cnnn1)c1nc-2c[nH]1. The van der Waals surface area contributed by atoms with E-state index in [0.29, 0.717) is 64.0 Å². The number of fused-ring (bicyclic) bond motifs is 4. The molecule has 0 spiro atoms. The second kappa shape index (κ2) is 13.3. The summed E-state index contributed by atoms with van der Waals surface area (Å²) in [7, 11) is 1.25. The van der Waals surface area contributed by atoms with Crippen LogP contribution in [-0.2, 0) is 14.3 Å².